The molecule has 76 valence electrons. The first-order chi connectivity index (χ1) is 6.71. The molecule has 6 heteroatoms. The summed E-state index contributed by atoms with van der Waals surface area (Å²) in [6.45, 7) is 0.793. The van der Waals surface area contributed by atoms with Gasteiger partial charge in [0.1, 0.15) is 5.54 Å². The van der Waals surface area contributed by atoms with Gasteiger partial charge in [0.25, 0.3) is 0 Å². The summed E-state index contributed by atoms with van der Waals surface area (Å²) >= 11 is 0. The smallest absolute Gasteiger partial charge is 0.249 e. The van der Waals surface area contributed by atoms with Crippen molar-refractivity contribution in [1.82, 2.24) is 9.97 Å². The van der Waals surface area contributed by atoms with E-state index in [0.717, 1.165) is 0 Å². The monoisotopic (exact) mass is 196 g/mol. The second-order valence-corrected chi connectivity index (χ2v) is 3.35. The predicted octanol–water partition coefficient (Wildman–Crippen LogP) is -0.534. The van der Waals surface area contributed by atoms with Crippen molar-refractivity contribution in [1.29, 1.82) is 0 Å². The van der Waals surface area contributed by atoms with Gasteiger partial charge >= 0.3 is 0 Å². The number of rotatable bonds is 2. The summed E-state index contributed by atoms with van der Waals surface area (Å²) in [5.41, 5.74) is 4.93. The van der Waals surface area contributed by atoms with E-state index in [1.807, 2.05) is 0 Å². The molecule has 1 atom stereocenters. The molecule has 1 aromatic heterocycles. The highest BCUT2D eigenvalue weighted by atomic mass is 16.5. The van der Waals surface area contributed by atoms with Gasteiger partial charge in [0.2, 0.25) is 11.9 Å². The van der Waals surface area contributed by atoms with Crippen LogP contribution >= 0.6 is 0 Å². The van der Waals surface area contributed by atoms with Crippen LogP contribution in [0.5, 0.6) is 0 Å². The Morgan fingerprint density at radius 3 is 3.21 bits per heavy atom. The Balaban J connectivity index is 2.02. The summed E-state index contributed by atoms with van der Waals surface area (Å²) in [5.74, 6) is 0.150. The fourth-order valence-corrected chi connectivity index (χ4v) is 1.33. The van der Waals surface area contributed by atoms with E-state index >= 15 is 0 Å². The van der Waals surface area contributed by atoms with E-state index in [-0.39, 0.29) is 12.5 Å². The minimum absolute atomic E-state index is 0.259. The molecule has 0 bridgehead atoms. The number of aromatic amines is 1. The fourth-order valence-electron chi connectivity index (χ4n) is 1.33. The zero-order valence-corrected chi connectivity index (χ0v) is 7.62. The molecule has 1 aliphatic heterocycles. The van der Waals surface area contributed by atoms with Gasteiger partial charge in [-0.2, -0.15) is 0 Å². The van der Waals surface area contributed by atoms with Crippen LogP contribution in [-0.4, -0.2) is 34.6 Å². The van der Waals surface area contributed by atoms with Gasteiger partial charge in [-0.1, -0.05) is 0 Å². The molecule has 4 N–H and O–H groups in total. The number of ether oxygens (including phenoxy) is 1. The Morgan fingerprint density at radius 2 is 2.64 bits per heavy atom. The molecule has 2 rings (SSSR count). The number of carbonyl (C=O) groups is 1. The molecule has 1 unspecified atom stereocenters. The van der Waals surface area contributed by atoms with Crippen LogP contribution in [0.3, 0.4) is 0 Å². The van der Waals surface area contributed by atoms with Crippen LogP contribution in [-0.2, 0) is 9.53 Å². The van der Waals surface area contributed by atoms with Crippen LogP contribution in [0, 0.1) is 0 Å². The molecular formula is C8H12N4O2. The molecule has 14 heavy (non-hydrogen) atoms. The van der Waals surface area contributed by atoms with Crippen LogP contribution in [0.4, 0.5) is 5.95 Å². The van der Waals surface area contributed by atoms with Crippen molar-refractivity contribution in [2.45, 2.75) is 12.0 Å². The van der Waals surface area contributed by atoms with Gasteiger partial charge in [0.15, 0.2) is 0 Å². The lowest BCUT2D eigenvalue weighted by Crippen LogP contribution is -2.51. The maximum atomic E-state index is 11.7. The first-order valence-electron chi connectivity index (χ1n) is 4.38. The molecule has 1 amide bonds. The molecule has 2 heterocycles. The number of hydrogen-bond donors (Lipinski definition) is 3. The number of carbonyl (C=O) groups excluding carboxylic acids is 1. The molecular weight excluding hydrogens is 184 g/mol. The predicted molar refractivity (Wildman–Crippen MR) is 49.6 cm³/mol. The quantitative estimate of drug-likeness (QED) is 0.592. The number of imidazole rings is 1. The molecule has 0 spiro atoms. The Morgan fingerprint density at radius 1 is 1.79 bits per heavy atom. The summed E-state index contributed by atoms with van der Waals surface area (Å²) in [6, 6.07) is 0. The third-order valence-electron chi connectivity index (χ3n) is 2.23. The molecule has 0 aromatic carbocycles. The Kier molecular flexibility index (Phi) is 2.22. The van der Waals surface area contributed by atoms with Crippen LogP contribution in [0.25, 0.3) is 0 Å². The number of hydrogen-bond acceptors (Lipinski definition) is 4. The van der Waals surface area contributed by atoms with Crippen molar-refractivity contribution in [2.24, 2.45) is 5.73 Å². The average molecular weight is 196 g/mol. The molecule has 6 nitrogen and oxygen atoms in total. The Labute approximate surface area is 80.8 Å². The van der Waals surface area contributed by atoms with Gasteiger partial charge in [0, 0.05) is 19.0 Å². The third-order valence-corrected chi connectivity index (χ3v) is 2.23. The lowest BCUT2D eigenvalue weighted by molar-refractivity contribution is -0.121. The second-order valence-electron chi connectivity index (χ2n) is 3.35. The number of nitrogens with zero attached hydrogens (tertiary/aromatic N) is 1. The third kappa shape index (κ3) is 1.61. The van der Waals surface area contributed by atoms with E-state index in [0.29, 0.717) is 19.0 Å². The van der Waals surface area contributed by atoms with Crippen molar-refractivity contribution in [2.75, 3.05) is 18.5 Å². The lowest BCUT2D eigenvalue weighted by atomic mass is 9.99. The SMILES string of the molecule is NC1(C(=O)Nc2ncc[nH]2)CCOC1. The minimum Gasteiger partial charge on any atom is -0.379 e. The normalized spacial score (nSPS) is 26.4. The van der Waals surface area contributed by atoms with E-state index < -0.39 is 5.54 Å². The van der Waals surface area contributed by atoms with E-state index in [2.05, 4.69) is 15.3 Å². The zero-order valence-electron chi connectivity index (χ0n) is 7.62. The minimum atomic E-state index is -0.910. The maximum absolute atomic E-state index is 11.7. The van der Waals surface area contributed by atoms with Gasteiger partial charge in [-0.05, 0) is 6.42 Å². The standard InChI is InChI=1S/C8H12N4O2/c9-8(1-4-14-5-8)6(13)12-7-10-2-3-11-7/h2-3H,1,4-5,9H2,(H2,10,11,12,13). The molecule has 0 aliphatic carbocycles. The van der Waals surface area contributed by atoms with Crippen molar-refractivity contribution in [3.63, 3.8) is 0 Å². The van der Waals surface area contributed by atoms with Gasteiger partial charge in [-0.15, -0.1) is 0 Å². The summed E-state index contributed by atoms with van der Waals surface area (Å²) in [6.07, 6.45) is 3.73. The zero-order chi connectivity index (χ0) is 10.0. The first-order valence-corrected chi connectivity index (χ1v) is 4.38. The maximum Gasteiger partial charge on any atom is 0.249 e. The van der Waals surface area contributed by atoms with E-state index in [9.17, 15) is 4.79 Å². The summed E-state index contributed by atoms with van der Waals surface area (Å²) in [5, 5.41) is 2.59. The summed E-state index contributed by atoms with van der Waals surface area (Å²) in [4.78, 5) is 18.3. The number of anilines is 1. The van der Waals surface area contributed by atoms with Crippen LogP contribution in [0.15, 0.2) is 12.4 Å². The van der Waals surface area contributed by atoms with Crippen LogP contribution in [0.2, 0.25) is 0 Å². The molecule has 1 fully saturated rings. The van der Waals surface area contributed by atoms with Gasteiger partial charge < -0.3 is 15.5 Å². The Bertz CT molecular complexity index is 316. The highest BCUT2D eigenvalue weighted by molar-refractivity contribution is 5.97. The highest BCUT2D eigenvalue weighted by Gasteiger charge is 2.38. The van der Waals surface area contributed by atoms with Gasteiger partial charge in [0.05, 0.1) is 6.61 Å². The number of nitrogens with two attached hydrogens (primary N) is 1. The highest BCUT2D eigenvalue weighted by Crippen LogP contribution is 2.16. The summed E-state index contributed by atoms with van der Waals surface area (Å²) in [7, 11) is 0. The van der Waals surface area contributed by atoms with E-state index in [1.165, 1.54) is 0 Å². The van der Waals surface area contributed by atoms with E-state index in [1.54, 1.807) is 12.4 Å². The molecule has 1 aliphatic rings. The Hall–Kier alpha value is -1.40. The van der Waals surface area contributed by atoms with E-state index in [4.69, 9.17) is 10.5 Å². The van der Waals surface area contributed by atoms with Crippen molar-refractivity contribution in [3.05, 3.63) is 12.4 Å². The fraction of sp³-hybridized carbons (Fsp3) is 0.500. The number of nitrogens with one attached hydrogen (secondary N) is 2. The van der Waals surface area contributed by atoms with Crippen molar-refractivity contribution >= 4 is 11.9 Å². The van der Waals surface area contributed by atoms with Crippen LogP contribution in [0.1, 0.15) is 6.42 Å². The second kappa shape index (κ2) is 3.39. The van der Waals surface area contributed by atoms with Gasteiger partial charge in [-0.3, -0.25) is 10.1 Å². The largest absolute Gasteiger partial charge is 0.379 e. The van der Waals surface area contributed by atoms with Gasteiger partial charge in [-0.25, -0.2) is 4.98 Å². The number of H-pyrrole nitrogens is 1. The summed E-state index contributed by atoms with van der Waals surface area (Å²) < 4.78 is 5.08. The average Bonchev–Trinajstić information content (AvgIpc) is 2.76. The lowest BCUT2D eigenvalue weighted by Gasteiger charge is -2.19. The topological polar surface area (TPSA) is 93.0 Å². The molecule has 1 aromatic rings. The molecule has 1 saturated heterocycles. The molecule has 0 saturated carbocycles. The first kappa shape index (κ1) is 9.17. The molecule has 0 radical (unpaired) electrons. The number of amides is 1. The number of aromatic nitrogens is 2. The van der Waals surface area contributed by atoms with Crippen molar-refractivity contribution < 1.29 is 9.53 Å². The van der Waals surface area contributed by atoms with Crippen LogP contribution < -0.4 is 11.1 Å². The van der Waals surface area contributed by atoms with Crippen molar-refractivity contribution in [3.8, 4) is 0 Å².